The van der Waals surface area contributed by atoms with Crippen molar-refractivity contribution in [3.63, 3.8) is 0 Å². The van der Waals surface area contributed by atoms with Crippen LogP contribution >= 0.6 is 12.4 Å². The Labute approximate surface area is 145 Å². The van der Waals surface area contributed by atoms with Gasteiger partial charge in [0.1, 0.15) is 0 Å². The molecular formula is C17H28ClN3O2. The molecule has 2 amide bonds. The third-order valence-corrected chi connectivity index (χ3v) is 3.08. The second-order valence-corrected chi connectivity index (χ2v) is 6.53. The average Bonchev–Trinajstić information content (AvgIpc) is 2.48. The van der Waals surface area contributed by atoms with Crippen LogP contribution in [0.1, 0.15) is 47.9 Å². The van der Waals surface area contributed by atoms with E-state index in [1.165, 1.54) is 0 Å². The minimum Gasteiger partial charge on any atom is -0.352 e. The van der Waals surface area contributed by atoms with Crippen molar-refractivity contribution < 1.29 is 9.59 Å². The van der Waals surface area contributed by atoms with Crippen LogP contribution in [0.5, 0.6) is 0 Å². The number of carbonyl (C=O) groups excluding carboxylic acids is 2. The molecule has 0 aromatic heterocycles. The lowest BCUT2D eigenvalue weighted by molar-refractivity contribution is 0.0933. The summed E-state index contributed by atoms with van der Waals surface area (Å²) in [6.07, 6.45) is 0.884. The number of nitrogens with one attached hydrogen (secondary N) is 3. The van der Waals surface area contributed by atoms with E-state index in [1.54, 1.807) is 24.3 Å². The molecule has 0 spiro atoms. The number of hydrogen-bond acceptors (Lipinski definition) is 3. The Morgan fingerprint density at radius 1 is 0.913 bits per heavy atom. The maximum Gasteiger partial charge on any atom is 0.251 e. The van der Waals surface area contributed by atoms with Crippen LogP contribution in [0.15, 0.2) is 24.3 Å². The van der Waals surface area contributed by atoms with Gasteiger partial charge in [-0.15, -0.1) is 12.4 Å². The summed E-state index contributed by atoms with van der Waals surface area (Å²) in [5, 5.41) is 8.77. The summed E-state index contributed by atoms with van der Waals surface area (Å²) in [5.74, 6) is -0.228. The van der Waals surface area contributed by atoms with Crippen molar-refractivity contribution in [1.82, 2.24) is 16.0 Å². The summed E-state index contributed by atoms with van der Waals surface area (Å²) in [7, 11) is 1.88. The Hall–Kier alpha value is -1.59. The number of carbonyl (C=O) groups is 2. The fraction of sp³-hybridized carbons (Fsp3) is 0.529. The van der Waals surface area contributed by atoms with E-state index in [-0.39, 0.29) is 29.6 Å². The third kappa shape index (κ3) is 8.57. The van der Waals surface area contributed by atoms with E-state index in [1.807, 2.05) is 7.05 Å². The van der Waals surface area contributed by atoms with E-state index in [4.69, 9.17) is 0 Å². The van der Waals surface area contributed by atoms with Crippen molar-refractivity contribution in [3.05, 3.63) is 35.4 Å². The highest BCUT2D eigenvalue weighted by molar-refractivity contribution is 5.97. The van der Waals surface area contributed by atoms with E-state index in [9.17, 15) is 9.59 Å². The van der Waals surface area contributed by atoms with Crippen LogP contribution < -0.4 is 16.0 Å². The SMILES string of the molecule is CNCCCNC(=O)c1ccc(C(=O)NCC(C)(C)C)cc1.Cl. The molecule has 5 nitrogen and oxygen atoms in total. The first-order valence-corrected chi connectivity index (χ1v) is 7.64. The van der Waals surface area contributed by atoms with Crippen molar-refractivity contribution in [3.8, 4) is 0 Å². The predicted molar refractivity (Wildman–Crippen MR) is 96.4 cm³/mol. The van der Waals surface area contributed by atoms with Crippen LogP contribution in [0.25, 0.3) is 0 Å². The minimum atomic E-state index is -0.115. The fourth-order valence-corrected chi connectivity index (χ4v) is 1.79. The lowest BCUT2D eigenvalue weighted by atomic mass is 9.97. The molecule has 0 aliphatic heterocycles. The van der Waals surface area contributed by atoms with Crippen LogP contribution in [-0.4, -0.2) is 38.5 Å². The van der Waals surface area contributed by atoms with Gasteiger partial charge in [-0.25, -0.2) is 0 Å². The van der Waals surface area contributed by atoms with Crippen molar-refractivity contribution in [1.29, 1.82) is 0 Å². The molecule has 1 aromatic carbocycles. The van der Waals surface area contributed by atoms with Crippen molar-refractivity contribution in [2.24, 2.45) is 5.41 Å². The molecule has 0 fully saturated rings. The second-order valence-electron chi connectivity index (χ2n) is 6.53. The Kier molecular flexibility index (Phi) is 9.53. The van der Waals surface area contributed by atoms with E-state index in [2.05, 4.69) is 36.7 Å². The van der Waals surface area contributed by atoms with E-state index in [0.717, 1.165) is 13.0 Å². The monoisotopic (exact) mass is 341 g/mol. The molecule has 0 radical (unpaired) electrons. The maximum absolute atomic E-state index is 12.0. The van der Waals surface area contributed by atoms with Gasteiger partial charge in [0.2, 0.25) is 0 Å². The molecule has 0 heterocycles. The Bertz CT molecular complexity index is 496. The molecule has 3 N–H and O–H groups in total. The molecule has 0 saturated carbocycles. The van der Waals surface area contributed by atoms with Crippen molar-refractivity contribution in [2.75, 3.05) is 26.7 Å². The van der Waals surface area contributed by atoms with Crippen molar-refractivity contribution >= 4 is 24.2 Å². The first kappa shape index (κ1) is 21.4. The molecule has 0 saturated heterocycles. The summed E-state index contributed by atoms with van der Waals surface area (Å²) in [5.41, 5.74) is 1.18. The van der Waals surface area contributed by atoms with Gasteiger partial charge in [0.05, 0.1) is 0 Å². The van der Waals surface area contributed by atoms with Crippen LogP contribution in [0, 0.1) is 5.41 Å². The summed E-state index contributed by atoms with van der Waals surface area (Å²) >= 11 is 0. The quantitative estimate of drug-likeness (QED) is 0.666. The lowest BCUT2D eigenvalue weighted by Gasteiger charge is -2.18. The highest BCUT2D eigenvalue weighted by Crippen LogP contribution is 2.11. The first-order valence-electron chi connectivity index (χ1n) is 7.64. The molecule has 0 unspecified atom stereocenters. The zero-order valence-electron chi connectivity index (χ0n) is 14.4. The molecule has 0 atom stereocenters. The summed E-state index contributed by atoms with van der Waals surface area (Å²) in [4.78, 5) is 23.9. The Morgan fingerprint density at radius 2 is 1.39 bits per heavy atom. The summed E-state index contributed by atoms with van der Waals surface area (Å²) < 4.78 is 0. The van der Waals surface area contributed by atoms with Gasteiger partial charge in [-0.2, -0.15) is 0 Å². The standard InChI is InChI=1S/C17H27N3O2.ClH/c1-17(2,3)12-20-16(22)14-8-6-13(7-9-14)15(21)19-11-5-10-18-4;/h6-9,18H,5,10-12H2,1-4H3,(H,19,21)(H,20,22);1H. The number of hydrogen-bond donors (Lipinski definition) is 3. The lowest BCUT2D eigenvalue weighted by Crippen LogP contribution is -2.32. The van der Waals surface area contributed by atoms with Gasteiger partial charge in [0, 0.05) is 24.2 Å². The zero-order chi connectivity index (χ0) is 16.6. The van der Waals surface area contributed by atoms with Crippen LogP contribution in [0.2, 0.25) is 0 Å². The van der Waals surface area contributed by atoms with Crippen LogP contribution in [0.3, 0.4) is 0 Å². The smallest absolute Gasteiger partial charge is 0.251 e. The largest absolute Gasteiger partial charge is 0.352 e. The highest BCUT2D eigenvalue weighted by atomic mass is 35.5. The molecule has 1 aromatic rings. The van der Waals surface area contributed by atoms with Crippen LogP contribution in [-0.2, 0) is 0 Å². The van der Waals surface area contributed by atoms with Gasteiger partial charge >= 0.3 is 0 Å². The Morgan fingerprint density at radius 3 is 1.83 bits per heavy atom. The Balaban J connectivity index is 0.00000484. The van der Waals surface area contributed by atoms with Gasteiger partial charge in [-0.05, 0) is 49.7 Å². The number of benzene rings is 1. The number of amides is 2. The molecule has 0 bridgehead atoms. The third-order valence-electron chi connectivity index (χ3n) is 3.08. The van der Waals surface area contributed by atoms with Gasteiger partial charge in [-0.3, -0.25) is 9.59 Å². The molecule has 6 heteroatoms. The zero-order valence-corrected chi connectivity index (χ0v) is 15.2. The highest BCUT2D eigenvalue weighted by Gasteiger charge is 2.13. The van der Waals surface area contributed by atoms with Crippen LogP contribution in [0.4, 0.5) is 0 Å². The molecule has 23 heavy (non-hydrogen) atoms. The summed E-state index contributed by atoms with van der Waals surface area (Å²) in [6, 6.07) is 6.72. The molecular weight excluding hydrogens is 314 g/mol. The molecule has 130 valence electrons. The topological polar surface area (TPSA) is 70.2 Å². The maximum atomic E-state index is 12.0. The average molecular weight is 342 g/mol. The fourth-order valence-electron chi connectivity index (χ4n) is 1.79. The number of rotatable bonds is 7. The van der Waals surface area contributed by atoms with E-state index in [0.29, 0.717) is 24.2 Å². The predicted octanol–water partition coefficient (Wildman–Crippen LogP) is 2.22. The van der Waals surface area contributed by atoms with Crippen molar-refractivity contribution in [2.45, 2.75) is 27.2 Å². The molecule has 1 rings (SSSR count). The molecule has 0 aliphatic carbocycles. The second kappa shape index (κ2) is 10.2. The summed E-state index contributed by atoms with van der Waals surface area (Å²) in [6.45, 7) is 8.30. The minimum absolute atomic E-state index is 0. The van der Waals surface area contributed by atoms with E-state index >= 15 is 0 Å². The molecule has 0 aliphatic rings. The first-order chi connectivity index (χ1) is 10.3. The number of halogens is 1. The van der Waals surface area contributed by atoms with Gasteiger partial charge in [0.15, 0.2) is 0 Å². The van der Waals surface area contributed by atoms with Gasteiger partial charge < -0.3 is 16.0 Å². The normalized spacial score (nSPS) is 10.6. The van der Waals surface area contributed by atoms with E-state index < -0.39 is 0 Å². The van der Waals surface area contributed by atoms with Gasteiger partial charge in [-0.1, -0.05) is 20.8 Å². The van der Waals surface area contributed by atoms with Gasteiger partial charge in [0.25, 0.3) is 11.8 Å².